The number of benzene rings is 2. The van der Waals surface area contributed by atoms with Crippen LogP contribution in [0.25, 0.3) is 0 Å². The SMILES string of the molecule is Cc1cc(Cl)c(NCc2cc(F)cc(F)c2)cc1Cl. The van der Waals surface area contributed by atoms with Gasteiger partial charge in [0, 0.05) is 17.6 Å². The van der Waals surface area contributed by atoms with E-state index in [4.69, 9.17) is 23.2 Å². The fourth-order valence-corrected chi connectivity index (χ4v) is 2.14. The molecule has 100 valence electrons. The molecule has 0 atom stereocenters. The largest absolute Gasteiger partial charge is 0.380 e. The van der Waals surface area contributed by atoms with Crippen molar-refractivity contribution in [1.82, 2.24) is 0 Å². The van der Waals surface area contributed by atoms with Crippen LogP contribution in [0, 0.1) is 18.6 Å². The number of hydrogen-bond donors (Lipinski definition) is 1. The molecule has 1 nitrogen and oxygen atoms in total. The molecule has 0 radical (unpaired) electrons. The quantitative estimate of drug-likeness (QED) is 0.822. The molecule has 0 aliphatic rings. The number of halogens is 4. The van der Waals surface area contributed by atoms with E-state index in [1.54, 1.807) is 12.1 Å². The second-order valence-electron chi connectivity index (χ2n) is 4.21. The minimum Gasteiger partial charge on any atom is -0.380 e. The molecule has 0 fully saturated rings. The summed E-state index contributed by atoms with van der Waals surface area (Å²) in [7, 11) is 0. The van der Waals surface area contributed by atoms with Gasteiger partial charge in [0.05, 0.1) is 10.7 Å². The number of hydrogen-bond acceptors (Lipinski definition) is 1. The summed E-state index contributed by atoms with van der Waals surface area (Å²) in [4.78, 5) is 0. The van der Waals surface area contributed by atoms with Gasteiger partial charge in [0.2, 0.25) is 0 Å². The van der Waals surface area contributed by atoms with Crippen LogP contribution in [0.5, 0.6) is 0 Å². The van der Waals surface area contributed by atoms with Crippen molar-refractivity contribution < 1.29 is 8.78 Å². The van der Waals surface area contributed by atoms with Crippen LogP contribution in [0.15, 0.2) is 30.3 Å². The van der Waals surface area contributed by atoms with E-state index in [-0.39, 0.29) is 6.54 Å². The second kappa shape index (κ2) is 5.76. The third-order valence-electron chi connectivity index (χ3n) is 2.65. The highest BCUT2D eigenvalue weighted by molar-refractivity contribution is 6.35. The first kappa shape index (κ1) is 14.1. The van der Waals surface area contributed by atoms with Crippen LogP contribution < -0.4 is 5.32 Å². The van der Waals surface area contributed by atoms with Gasteiger partial charge < -0.3 is 5.32 Å². The fourth-order valence-electron chi connectivity index (χ4n) is 1.69. The van der Waals surface area contributed by atoms with E-state index in [0.29, 0.717) is 21.3 Å². The van der Waals surface area contributed by atoms with Crippen molar-refractivity contribution in [3.05, 3.63) is 63.1 Å². The molecule has 0 aliphatic carbocycles. The van der Waals surface area contributed by atoms with Gasteiger partial charge in [-0.05, 0) is 42.3 Å². The molecule has 2 aromatic rings. The van der Waals surface area contributed by atoms with Crippen molar-refractivity contribution in [3.8, 4) is 0 Å². The molecular formula is C14H11Cl2F2N. The topological polar surface area (TPSA) is 12.0 Å². The monoisotopic (exact) mass is 301 g/mol. The average Bonchev–Trinajstić information content (AvgIpc) is 2.31. The maximum Gasteiger partial charge on any atom is 0.126 e. The third kappa shape index (κ3) is 3.58. The summed E-state index contributed by atoms with van der Waals surface area (Å²) in [6.07, 6.45) is 0. The lowest BCUT2D eigenvalue weighted by atomic mass is 10.2. The Labute approximate surface area is 120 Å². The normalized spacial score (nSPS) is 10.6. The summed E-state index contributed by atoms with van der Waals surface area (Å²) >= 11 is 12.1. The zero-order valence-corrected chi connectivity index (χ0v) is 11.6. The molecule has 0 aromatic heterocycles. The lowest BCUT2D eigenvalue weighted by molar-refractivity contribution is 0.580. The number of nitrogens with one attached hydrogen (secondary N) is 1. The molecule has 0 aliphatic heterocycles. The van der Waals surface area contributed by atoms with Crippen LogP contribution in [0.4, 0.5) is 14.5 Å². The third-order valence-corrected chi connectivity index (χ3v) is 3.37. The van der Waals surface area contributed by atoms with E-state index in [1.807, 2.05) is 6.92 Å². The molecular weight excluding hydrogens is 291 g/mol. The summed E-state index contributed by atoms with van der Waals surface area (Å²) in [5.74, 6) is -1.21. The highest BCUT2D eigenvalue weighted by Gasteiger charge is 2.06. The molecule has 5 heteroatoms. The summed E-state index contributed by atoms with van der Waals surface area (Å²) in [5.41, 5.74) is 1.99. The van der Waals surface area contributed by atoms with E-state index >= 15 is 0 Å². The Bertz CT molecular complexity index is 594. The standard InChI is InChI=1S/C14H11Cl2F2N/c1-8-2-13(16)14(6-12(8)15)19-7-9-3-10(17)5-11(18)4-9/h2-6,19H,7H2,1H3. The molecule has 0 amide bonds. The predicted molar refractivity (Wildman–Crippen MR) is 74.9 cm³/mol. The zero-order chi connectivity index (χ0) is 14.0. The molecule has 2 rings (SSSR count). The van der Waals surface area contributed by atoms with Crippen molar-refractivity contribution in [2.24, 2.45) is 0 Å². The molecule has 0 bridgehead atoms. The Hall–Kier alpha value is -1.32. The van der Waals surface area contributed by atoms with E-state index in [0.717, 1.165) is 11.6 Å². The van der Waals surface area contributed by atoms with Gasteiger partial charge in [0.1, 0.15) is 11.6 Å². The molecule has 1 N–H and O–H groups in total. The van der Waals surface area contributed by atoms with Crippen molar-refractivity contribution in [3.63, 3.8) is 0 Å². The summed E-state index contributed by atoms with van der Waals surface area (Å²) in [5, 5.41) is 4.10. The van der Waals surface area contributed by atoms with Crippen LogP contribution >= 0.6 is 23.2 Å². The lowest BCUT2D eigenvalue weighted by Crippen LogP contribution is -2.01. The first-order valence-electron chi connectivity index (χ1n) is 5.60. The van der Waals surface area contributed by atoms with E-state index < -0.39 is 11.6 Å². The predicted octanol–water partition coefficient (Wildman–Crippen LogP) is 5.19. The Kier molecular flexibility index (Phi) is 4.27. The second-order valence-corrected chi connectivity index (χ2v) is 5.03. The Morgan fingerprint density at radius 2 is 1.58 bits per heavy atom. The summed E-state index contributed by atoms with van der Waals surface area (Å²) < 4.78 is 26.1. The number of anilines is 1. The Morgan fingerprint density at radius 3 is 2.21 bits per heavy atom. The minimum absolute atomic E-state index is 0.258. The van der Waals surface area contributed by atoms with Gasteiger partial charge >= 0.3 is 0 Å². The maximum atomic E-state index is 13.0. The number of rotatable bonds is 3. The van der Waals surface area contributed by atoms with Gasteiger partial charge in [0.25, 0.3) is 0 Å². The van der Waals surface area contributed by atoms with Gasteiger partial charge in [-0.15, -0.1) is 0 Å². The van der Waals surface area contributed by atoms with Crippen molar-refractivity contribution in [1.29, 1.82) is 0 Å². The van der Waals surface area contributed by atoms with Gasteiger partial charge in [-0.25, -0.2) is 8.78 Å². The summed E-state index contributed by atoms with van der Waals surface area (Å²) in [6.45, 7) is 2.10. The average molecular weight is 302 g/mol. The first-order valence-corrected chi connectivity index (χ1v) is 6.36. The number of aryl methyl sites for hydroxylation is 1. The molecule has 0 saturated heterocycles. The van der Waals surface area contributed by atoms with Crippen LogP contribution in [0.3, 0.4) is 0 Å². The molecule has 2 aromatic carbocycles. The molecule has 0 unspecified atom stereocenters. The van der Waals surface area contributed by atoms with Gasteiger partial charge in [-0.3, -0.25) is 0 Å². The molecule has 0 heterocycles. The van der Waals surface area contributed by atoms with E-state index in [2.05, 4.69) is 5.32 Å². The Morgan fingerprint density at radius 1 is 0.947 bits per heavy atom. The fraction of sp³-hybridized carbons (Fsp3) is 0.143. The van der Waals surface area contributed by atoms with Crippen molar-refractivity contribution in [2.75, 3.05) is 5.32 Å². The smallest absolute Gasteiger partial charge is 0.126 e. The van der Waals surface area contributed by atoms with Crippen LogP contribution in [0.1, 0.15) is 11.1 Å². The molecule has 19 heavy (non-hydrogen) atoms. The molecule has 0 spiro atoms. The minimum atomic E-state index is -0.607. The summed E-state index contributed by atoms with van der Waals surface area (Å²) in [6, 6.07) is 6.78. The van der Waals surface area contributed by atoms with Gasteiger partial charge in [0.15, 0.2) is 0 Å². The van der Waals surface area contributed by atoms with Gasteiger partial charge in [-0.2, -0.15) is 0 Å². The van der Waals surface area contributed by atoms with Crippen LogP contribution in [-0.2, 0) is 6.54 Å². The maximum absolute atomic E-state index is 13.0. The molecule has 0 saturated carbocycles. The van der Waals surface area contributed by atoms with Gasteiger partial charge in [-0.1, -0.05) is 23.2 Å². The van der Waals surface area contributed by atoms with Crippen LogP contribution in [0.2, 0.25) is 10.0 Å². The van der Waals surface area contributed by atoms with E-state index in [9.17, 15) is 8.78 Å². The van der Waals surface area contributed by atoms with E-state index in [1.165, 1.54) is 12.1 Å². The zero-order valence-electron chi connectivity index (χ0n) is 10.1. The highest BCUT2D eigenvalue weighted by Crippen LogP contribution is 2.29. The van der Waals surface area contributed by atoms with Crippen molar-refractivity contribution in [2.45, 2.75) is 13.5 Å². The first-order chi connectivity index (χ1) is 8.95. The Balaban J connectivity index is 2.16. The lowest BCUT2D eigenvalue weighted by Gasteiger charge is -2.10. The van der Waals surface area contributed by atoms with Crippen molar-refractivity contribution >= 4 is 28.9 Å². The highest BCUT2D eigenvalue weighted by atomic mass is 35.5. The van der Waals surface area contributed by atoms with Crippen LogP contribution in [-0.4, -0.2) is 0 Å².